The van der Waals surface area contributed by atoms with Crippen molar-refractivity contribution in [3.05, 3.63) is 35.4 Å². The fourth-order valence-electron chi connectivity index (χ4n) is 3.17. The molecule has 31 heavy (non-hydrogen) atoms. The second kappa shape index (κ2) is 10.2. The lowest BCUT2D eigenvalue weighted by atomic mass is 9.98. The van der Waals surface area contributed by atoms with E-state index in [2.05, 4.69) is 10.6 Å². The maximum atomic E-state index is 13.4. The molecule has 1 rings (SSSR count). The first-order valence-electron chi connectivity index (χ1n) is 10.7. The van der Waals surface area contributed by atoms with Gasteiger partial charge in [0.2, 0.25) is 11.8 Å². The van der Waals surface area contributed by atoms with Crippen molar-refractivity contribution in [2.45, 2.75) is 98.5 Å². The summed E-state index contributed by atoms with van der Waals surface area (Å²) in [6.07, 6.45) is -0.677. The molecule has 7 nitrogen and oxygen atoms in total. The third-order valence-corrected chi connectivity index (χ3v) is 4.30. The second-order valence-electron chi connectivity index (χ2n) is 10.3. The van der Waals surface area contributed by atoms with E-state index in [1.165, 1.54) is 4.90 Å². The SMILES string of the molecule is Cc1cccc(C(C(=O)NC(C)(C)C)N(C(=O)C(C)NC(=O)OC(C)(C)C)C(C)C)c1. The van der Waals surface area contributed by atoms with Gasteiger partial charge in [-0.3, -0.25) is 9.59 Å². The van der Waals surface area contributed by atoms with Gasteiger partial charge in [-0.1, -0.05) is 29.8 Å². The summed E-state index contributed by atoms with van der Waals surface area (Å²) in [5, 5.41) is 5.59. The molecule has 0 fully saturated rings. The van der Waals surface area contributed by atoms with E-state index < -0.39 is 29.3 Å². The summed E-state index contributed by atoms with van der Waals surface area (Å²) < 4.78 is 5.27. The highest BCUT2D eigenvalue weighted by Crippen LogP contribution is 2.26. The van der Waals surface area contributed by atoms with Crippen LogP contribution in [0.5, 0.6) is 0 Å². The van der Waals surface area contributed by atoms with E-state index in [0.717, 1.165) is 5.56 Å². The van der Waals surface area contributed by atoms with Gasteiger partial charge in [-0.15, -0.1) is 0 Å². The first-order valence-corrected chi connectivity index (χ1v) is 10.7. The van der Waals surface area contributed by atoms with Crippen LogP contribution in [0.15, 0.2) is 24.3 Å². The number of ether oxygens (including phenoxy) is 1. The predicted molar refractivity (Wildman–Crippen MR) is 123 cm³/mol. The van der Waals surface area contributed by atoms with Gasteiger partial charge in [0.15, 0.2) is 0 Å². The van der Waals surface area contributed by atoms with Gasteiger partial charge in [0, 0.05) is 11.6 Å². The third kappa shape index (κ3) is 8.59. The summed E-state index contributed by atoms with van der Waals surface area (Å²) in [5.74, 6) is -0.638. The summed E-state index contributed by atoms with van der Waals surface area (Å²) >= 11 is 0. The van der Waals surface area contributed by atoms with Gasteiger partial charge in [-0.25, -0.2) is 4.79 Å². The maximum Gasteiger partial charge on any atom is 0.408 e. The largest absolute Gasteiger partial charge is 0.444 e. The highest BCUT2D eigenvalue weighted by molar-refractivity contribution is 5.92. The Balaban J connectivity index is 3.31. The van der Waals surface area contributed by atoms with Crippen molar-refractivity contribution >= 4 is 17.9 Å². The van der Waals surface area contributed by atoms with Crippen LogP contribution in [0.1, 0.15) is 79.5 Å². The van der Waals surface area contributed by atoms with E-state index in [-0.39, 0.29) is 17.9 Å². The average Bonchev–Trinajstić information content (AvgIpc) is 2.54. The molecule has 1 aromatic carbocycles. The van der Waals surface area contributed by atoms with Gasteiger partial charge in [0.25, 0.3) is 0 Å². The topological polar surface area (TPSA) is 87.7 Å². The molecule has 0 aliphatic heterocycles. The molecule has 3 amide bonds. The Kier molecular flexibility index (Phi) is 8.67. The summed E-state index contributed by atoms with van der Waals surface area (Å²) in [6.45, 7) is 18.2. The molecular formula is C24H39N3O4. The Morgan fingerprint density at radius 3 is 2.03 bits per heavy atom. The standard InChI is InChI=1S/C24H39N3O4/c1-15(2)27(21(29)17(4)25-22(30)31-24(8,9)10)19(20(28)26-23(5,6)7)18-13-11-12-16(3)14-18/h11-15,17,19H,1-10H3,(H,25,30)(H,26,28). The van der Waals surface area contributed by atoms with Crippen LogP contribution in [0.4, 0.5) is 4.79 Å². The van der Waals surface area contributed by atoms with Gasteiger partial charge in [-0.2, -0.15) is 0 Å². The van der Waals surface area contributed by atoms with Crippen molar-refractivity contribution in [3.8, 4) is 0 Å². The molecule has 2 N–H and O–H groups in total. The minimum Gasteiger partial charge on any atom is -0.444 e. The predicted octanol–water partition coefficient (Wildman–Crippen LogP) is 4.10. The Hall–Kier alpha value is -2.57. The number of hydrogen-bond acceptors (Lipinski definition) is 4. The van der Waals surface area contributed by atoms with Crippen LogP contribution in [-0.2, 0) is 14.3 Å². The lowest BCUT2D eigenvalue weighted by Crippen LogP contribution is -2.55. The van der Waals surface area contributed by atoms with Crippen molar-refractivity contribution in [1.29, 1.82) is 0 Å². The number of carbonyl (C=O) groups is 3. The van der Waals surface area contributed by atoms with Crippen molar-refractivity contribution in [2.75, 3.05) is 0 Å². The molecule has 2 atom stereocenters. The first kappa shape index (κ1) is 26.5. The summed E-state index contributed by atoms with van der Waals surface area (Å²) in [5.41, 5.74) is 0.558. The molecule has 0 saturated carbocycles. The molecule has 174 valence electrons. The van der Waals surface area contributed by atoms with Crippen LogP contribution in [0.2, 0.25) is 0 Å². The Labute approximate surface area is 186 Å². The molecule has 2 unspecified atom stereocenters. The number of nitrogens with zero attached hydrogens (tertiary/aromatic N) is 1. The van der Waals surface area contributed by atoms with Gasteiger partial charge in [0.1, 0.15) is 17.7 Å². The lowest BCUT2D eigenvalue weighted by molar-refractivity contribution is -0.144. The lowest BCUT2D eigenvalue weighted by Gasteiger charge is -2.38. The number of aryl methyl sites for hydroxylation is 1. The molecular weight excluding hydrogens is 394 g/mol. The van der Waals surface area contributed by atoms with Crippen LogP contribution in [0, 0.1) is 6.92 Å². The van der Waals surface area contributed by atoms with E-state index in [4.69, 9.17) is 4.74 Å². The van der Waals surface area contributed by atoms with Gasteiger partial charge in [0.05, 0.1) is 0 Å². The van der Waals surface area contributed by atoms with Crippen LogP contribution < -0.4 is 10.6 Å². The van der Waals surface area contributed by atoms with E-state index in [9.17, 15) is 14.4 Å². The Morgan fingerprint density at radius 1 is 1.00 bits per heavy atom. The molecule has 0 radical (unpaired) electrons. The molecule has 0 saturated heterocycles. The minimum absolute atomic E-state index is 0.274. The van der Waals surface area contributed by atoms with E-state index in [0.29, 0.717) is 5.56 Å². The molecule has 0 aliphatic rings. The summed E-state index contributed by atoms with van der Waals surface area (Å²) in [7, 11) is 0. The number of rotatable bonds is 6. The zero-order valence-electron chi connectivity index (χ0n) is 20.6. The molecule has 7 heteroatoms. The number of alkyl carbamates (subject to hydrolysis) is 1. The first-order chi connectivity index (χ1) is 14.0. The molecule has 0 heterocycles. The van der Waals surface area contributed by atoms with Crippen LogP contribution in [-0.4, -0.2) is 46.0 Å². The van der Waals surface area contributed by atoms with E-state index in [1.807, 2.05) is 65.8 Å². The zero-order chi connectivity index (χ0) is 24.1. The third-order valence-electron chi connectivity index (χ3n) is 4.30. The molecule has 0 aliphatic carbocycles. The van der Waals surface area contributed by atoms with Crippen LogP contribution in [0.3, 0.4) is 0 Å². The zero-order valence-corrected chi connectivity index (χ0v) is 20.6. The summed E-state index contributed by atoms with van der Waals surface area (Å²) in [6, 6.07) is 5.56. The number of benzene rings is 1. The van der Waals surface area contributed by atoms with Gasteiger partial charge < -0.3 is 20.3 Å². The fourth-order valence-corrected chi connectivity index (χ4v) is 3.17. The smallest absolute Gasteiger partial charge is 0.408 e. The Bertz CT molecular complexity index is 791. The number of amides is 3. The monoisotopic (exact) mass is 433 g/mol. The highest BCUT2D eigenvalue weighted by atomic mass is 16.6. The summed E-state index contributed by atoms with van der Waals surface area (Å²) in [4.78, 5) is 40.5. The minimum atomic E-state index is -0.869. The quantitative estimate of drug-likeness (QED) is 0.707. The molecule has 0 aromatic heterocycles. The molecule has 1 aromatic rings. The fraction of sp³-hybridized carbons (Fsp3) is 0.625. The number of nitrogens with one attached hydrogen (secondary N) is 2. The van der Waals surface area contributed by atoms with Gasteiger partial charge in [-0.05, 0) is 74.8 Å². The average molecular weight is 434 g/mol. The van der Waals surface area contributed by atoms with Crippen molar-refractivity contribution in [2.24, 2.45) is 0 Å². The maximum absolute atomic E-state index is 13.4. The van der Waals surface area contributed by atoms with Crippen molar-refractivity contribution in [1.82, 2.24) is 15.5 Å². The van der Waals surface area contributed by atoms with E-state index >= 15 is 0 Å². The Morgan fingerprint density at radius 2 is 1.58 bits per heavy atom. The van der Waals surface area contributed by atoms with Gasteiger partial charge >= 0.3 is 6.09 Å². The molecule has 0 spiro atoms. The van der Waals surface area contributed by atoms with Crippen molar-refractivity contribution < 1.29 is 19.1 Å². The normalized spacial score (nSPS) is 13.9. The highest BCUT2D eigenvalue weighted by Gasteiger charge is 2.37. The number of hydrogen-bond donors (Lipinski definition) is 2. The number of carbonyl (C=O) groups excluding carboxylic acids is 3. The van der Waals surface area contributed by atoms with Crippen LogP contribution >= 0.6 is 0 Å². The second-order valence-corrected chi connectivity index (χ2v) is 10.3. The van der Waals surface area contributed by atoms with Crippen LogP contribution in [0.25, 0.3) is 0 Å². The molecule has 0 bridgehead atoms. The van der Waals surface area contributed by atoms with Crippen molar-refractivity contribution in [3.63, 3.8) is 0 Å². The van der Waals surface area contributed by atoms with E-state index in [1.54, 1.807) is 27.7 Å².